The van der Waals surface area contributed by atoms with Crippen molar-refractivity contribution < 1.29 is 21.1 Å². The molecule has 0 amide bonds. The molecule has 6 aromatic heterocycles. The number of nitrogens with zero attached hydrogens (tertiary/aromatic N) is 7. The first kappa shape index (κ1) is 28.3. The average Bonchev–Trinajstić information content (AvgIpc) is 4.00. The third-order valence-electron chi connectivity index (χ3n) is 10.8. The number of fused-ring (bicyclic) bond motifs is 16. The van der Waals surface area contributed by atoms with E-state index in [2.05, 4.69) is 162 Å². The number of rotatable bonds is 2. The molecular formula is C44H23N7Pt. The third-order valence-corrected chi connectivity index (χ3v) is 10.8. The summed E-state index contributed by atoms with van der Waals surface area (Å²) in [4.78, 5) is 10.3. The maximum absolute atomic E-state index is 5.13. The van der Waals surface area contributed by atoms with Crippen LogP contribution in [-0.2, 0) is 21.1 Å². The zero-order valence-corrected chi connectivity index (χ0v) is 29.5. The monoisotopic (exact) mass is 844 g/mol. The molecule has 0 atom stereocenters. The molecule has 0 bridgehead atoms. The predicted octanol–water partition coefficient (Wildman–Crippen LogP) is 9.92. The fourth-order valence-electron chi connectivity index (χ4n) is 8.72. The van der Waals surface area contributed by atoms with Crippen LogP contribution in [0.3, 0.4) is 0 Å². The molecule has 0 N–H and O–H groups in total. The Balaban J connectivity index is 0.00000305. The first-order chi connectivity index (χ1) is 25.3. The number of hydrogen-bond donors (Lipinski definition) is 0. The average molecular weight is 845 g/mol. The maximum atomic E-state index is 5.13. The van der Waals surface area contributed by atoms with Gasteiger partial charge in [-0.15, -0.1) is 35.0 Å². The maximum Gasteiger partial charge on any atom is 2.00 e. The molecule has 52 heavy (non-hydrogen) atoms. The van der Waals surface area contributed by atoms with Crippen molar-refractivity contribution in [3.8, 4) is 11.4 Å². The molecule has 0 spiro atoms. The van der Waals surface area contributed by atoms with Crippen molar-refractivity contribution in [1.82, 2.24) is 32.3 Å². The number of aromatic nitrogens is 7. The molecule has 0 radical (unpaired) electrons. The fraction of sp³-hybridized carbons (Fsp3) is 0. The normalized spacial score (nSPS) is 12.5. The van der Waals surface area contributed by atoms with E-state index in [0.29, 0.717) is 0 Å². The minimum atomic E-state index is 0. The van der Waals surface area contributed by atoms with Gasteiger partial charge in [-0.3, -0.25) is 8.80 Å². The summed E-state index contributed by atoms with van der Waals surface area (Å²) >= 11 is 0. The second-order valence-electron chi connectivity index (χ2n) is 13.4. The van der Waals surface area contributed by atoms with Crippen LogP contribution in [0, 0.1) is 12.1 Å². The first-order valence-electron chi connectivity index (χ1n) is 17.1. The zero-order chi connectivity index (χ0) is 32.9. The second-order valence-corrected chi connectivity index (χ2v) is 13.4. The molecule has 0 unspecified atom stereocenters. The molecule has 0 aliphatic rings. The number of hydrogen-bond acceptors (Lipinski definition) is 2. The summed E-state index contributed by atoms with van der Waals surface area (Å²) in [5.41, 5.74) is 13.6. The second kappa shape index (κ2) is 9.87. The van der Waals surface area contributed by atoms with E-state index in [9.17, 15) is 0 Å². The van der Waals surface area contributed by atoms with Gasteiger partial charge in [-0.05, 0) is 59.3 Å². The van der Waals surface area contributed by atoms with Gasteiger partial charge in [0.05, 0.1) is 44.1 Å². The number of benzene rings is 7. The van der Waals surface area contributed by atoms with Crippen LogP contribution in [0.2, 0.25) is 0 Å². The van der Waals surface area contributed by atoms with Crippen LogP contribution in [0.1, 0.15) is 0 Å². The van der Waals surface area contributed by atoms with E-state index in [1.165, 1.54) is 16.3 Å². The first-order valence-corrected chi connectivity index (χ1v) is 17.1. The van der Waals surface area contributed by atoms with Gasteiger partial charge in [0.2, 0.25) is 11.6 Å². The van der Waals surface area contributed by atoms with Crippen LogP contribution < -0.4 is 0 Å². The number of imidazole rings is 4. The minimum absolute atomic E-state index is 0. The Morgan fingerprint density at radius 2 is 0.788 bits per heavy atom. The minimum Gasteiger partial charge on any atom is -0.358 e. The van der Waals surface area contributed by atoms with Crippen molar-refractivity contribution in [2.75, 3.05) is 0 Å². The van der Waals surface area contributed by atoms with Crippen LogP contribution in [-0.4, -0.2) is 32.3 Å². The van der Waals surface area contributed by atoms with Crippen LogP contribution >= 0.6 is 0 Å². The van der Waals surface area contributed by atoms with Crippen LogP contribution in [0.5, 0.6) is 0 Å². The molecule has 0 saturated heterocycles. The van der Waals surface area contributed by atoms with Crippen molar-refractivity contribution in [1.29, 1.82) is 0 Å². The number of para-hydroxylation sites is 9. The topological polar surface area (TPSA) is 48.9 Å². The Morgan fingerprint density at radius 1 is 0.365 bits per heavy atom. The van der Waals surface area contributed by atoms with E-state index in [0.717, 1.165) is 88.9 Å². The van der Waals surface area contributed by atoms with E-state index in [-0.39, 0.29) is 21.1 Å². The van der Waals surface area contributed by atoms with Gasteiger partial charge in [0.25, 0.3) is 0 Å². The summed E-state index contributed by atoms with van der Waals surface area (Å²) in [6.45, 7) is 0. The van der Waals surface area contributed by atoms with Gasteiger partial charge in [0.1, 0.15) is 0 Å². The van der Waals surface area contributed by atoms with Gasteiger partial charge in [0, 0.05) is 5.52 Å². The van der Waals surface area contributed by atoms with Gasteiger partial charge in [0.15, 0.2) is 0 Å². The Bertz CT molecular complexity index is 3380. The van der Waals surface area contributed by atoms with E-state index in [4.69, 9.17) is 9.97 Å². The summed E-state index contributed by atoms with van der Waals surface area (Å²) in [6, 6.07) is 57.0. The molecule has 13 aromatic rings. The summed E-state index contributed by atoms with van der Waals surface area (Å²) in [5.74, 6) is 1.74. The Kier molecular flexibility index (Phi) is 5.37. The van der Waals surface area contributed by atoms with Crippen molar-refractivity contribution in [2.24, 2.45) is 0 Å². The molecule has 6 heterocycles. The van der Waals surface area contributed by atoms with Crippen LogP contribution in [0.25, 0.3) is 105 Å². The molecule has 7 nitrogen and oxygen atoms in total. The van der Waals surface area contributed by atoms with Gasteiger partial charge in [-0.2, -0.15) is 12.1 Å². The smallest absolute Gasteiger partial charge is 0.358 e. The van der Waals surface area contributed by atoms with Gasteiger partial charge in [-0.25, -0.2) is 9.97 Å². The molecular weight excluding hydrogens is 822 g/mol. The standard InChI is InChI=1S/C44H23N7.Pt/c1-3-14-34-32(12-1)45-43-47(36-16-5-7-18-38(36)50(34)43)26-20-22-28-30-10-9-11-31-29-23-21-27(25-41(29)49(42(30)31)40(28)24-26)48-37-17-6-8-19-39(37)51-35-15-4-2-13-33(35)46-44(48)51;/h1-23H;/q-2;+2. The van der Waals surface area contributed by atoms with Crippen molar-refractivity contribution in [3.63, 3.8) is 0 Å². The molecule has 0 saturated carbocycles. The zero-order valence-electron chi connectivity index (χ0n) is 27.2. The van der Waals surface area contributed by atoms with Gasteiger partial charge >= 0.3 is 21.1 Å². The van der Waals surface area contributed by atoms with Gasteiger partial charge < -0.3 is 13.5 Å². The SMILES string of the molecule is [Pt+2].[c-]1c(-n2c3ccccc3n3c4ccccc4nc23)ccc2c3cccc4c5ccc(-n6c7ccccc7n7c8ccccc8nc67)[c-]c5n(c12)c34. The van der Waals surface area contributed by atoms with E-state index >= 15 is 0 Å². The van der Waals surface area contributed by atoms with E-state index in [1.54, 1.807) is 0 Å². The van der Waals surface area contributed by atoms with Crippen molar-refractivity contribution in [3.05, 3.63) is 152 Å². The quantitative estimate of drug-likeness (QED) is 0.163. The van der Waals surface area contributed by atoms with E-state index < -0.39 is 0 Å². The van der Waals surface area contributed by atoms with Crippen LogP contribution in [0.15, 0.2) is 140 Å². The largest absolute Gasteiger partial charge is 2.00 e. The third kappa shape index (κ3) is 3.35. The summed E-state index contributed by atoms with van der Waals surface area (Å²) < 4.78 is 11.3. The molecule has 0 fully saturated rings. The molecule has 13 rings (SSSR count). The molecule has 0 aliphatic carbocycles. The van der Waals surface area contributed by atoms with Crippen molar-refractivity contribution >= 4 is 93.8 Å². The Hall–Kier alpha value is -6.43. The summed E-state index contributed by atoms with van der Waals surface area (Å²) in [7, 11) is 0. The molecule has 7 aromatic carbocycles. The van der Waals surface area contributed by atoms with Crippen LogP contribution in [0.4, 0.5) is 0 Å². The summed E-state index contributed by atoms with van der Waals surface area (Å²) in [5, 5.41) is 4.74. The Morgan fingerprint density at radius 3 is 1.27 bits per heavy atom. The van der Waals surface area contributed by atoms with E-state index in [1.807, 2.05) is 12.1 Å². The predicted molar refractivity (Wildman–Crippen MR) is 205 cm³/mol. The Labute approximate surface area is 308 Å². The van der Waals surface area contributed by atoms with Gasteiger partial charge in [-0.1, -0.05) is 89.1 Å². The molecule has 244 valence electrons. The summed E-state index contributed by atoms with van der Waals surface area (Å²) in [6.07, 6.45) is 0. The van der Waals surface area contributed by atoms with Crippen molar-refractivity contribution in [2.45, 2.75) is 0 Å². The molecule has 8 heteroatoms. The molecule has 0 aliphatic heterocycles. The fourth-order valence-corrected chi connectivity index (χ4v) is 8.72.